The lowest BCUT2D eigenvalue weighted by Crippen LogP contribution is -2.22. The molecule has 3 aromatic heterocycles. The fourth-order valence-corrected chi connectivity index (χ4v) is 5.41. The third-order valence-electron chi connectivity index (χ3n) is 5.16. The van der Waals surface area contributed by atoms with E-state index in [4.69, 9.17) is 9.40 Å². The van der Waals surface area contributed by atoms with Crippen molar-refractivity contribution < 1.29 is 9.21 Å². The summed E-state index contributed by atoms with van der Waals surface area (Å²) in [4.78, 5) is 18.7. The minimum absolute atomic E-state index is 0.0799. The minimum Gasteiger partial charge on any atom is -0.469 e. The molecule has 0 N–H and O–H groups in total. The number of hydrogen-bond donors (Lipinski definition) is 0. The number of rotatable bonds is 7. The summed E-state index contributed by atoms with van der Waals surface area (Å²) < 4.78 is 7.53. The van der Waals surface area contributed by atoms with Crippen LogP contribution in [0.15, 0.2) is 87.9 Å². The Balaban J connectivity index is 1.42. The van der Waals surface area contributed by atoms with E-state index >= 15 is 0 Å². The molecule has 2 aromatic carbocycles. The number of anilines is 2. The quantitative estimate of drug-likeness (QED) is 0.252. The Morgan fingerprint density at radius 1 is 1.06 bits per heavy atom. The summed E-state index contributed by atoms with van der Waals surface area (Å²) in [5, 5.41) is 12.3. The topological polar surface area (TPSA) is 77.1 Å². The number of amides is 1. The first-order valence-corrected chi connectivity index (χ1v) is 12.5. The Hall–Kier alpha value is -3.69. The molecule has 0 bridgehead atoms. The highest BCUT2D eigenvalue weighted by molar-refractivity contribution is 7.98. The van der Waals surface area contributed by atoms with Crippen molar-refractivity contribution in [3.63, 3.8) is 0 Å². The lowest BCUT2D eigenvalue weighted by molar-refractivity contribution is -0.115. The zero-order valence-electron chi connectivity index (χ0n) is 18.6. The van der Waals surface area contributed by atoms with Gasteiger partial charge in [0, 0.05) is 23.7 Å². The summed E-state index contributed by atoms with van der Waals surface area (Å²) in [6, 6.07) is 21.5. The molecular weight excluding hydrogens is 466 g/mol. The Bertz CT molecular complexity index is 1410. The minimum atomic E-state index is -0.0799. The van der Waals surface area contributed by atoms with Gasteiger partial charge in [0.05, 0.1) is 23.2 Å². The van der Waals surface area contributed by atoms with Gasteiger partial charge in [0.25, 0.3) is 0 Å². The molecule has 3 heterocycles. The van der Waals surface area contributed by atoms with Gasteiger partial charge in [-0.05, 0) is 37.3 Å². The summed E-state index contributed by atoms with van der Waals surface area (Å²) >= 11 is 2.99. The van der Waals surface area contributed by atoms with Gasteiger partial charge in [-0.15, -0.1) is 21.5 Å². The molecule has 0 aliphatic rings. The molecule has 0 aliphatic carbocycles. The molecule has 34 heavy (non-hydrogen) atoms. The molecule has 0 unspecified atom stereocenters. The molecule has 5 aromatic rings. The van der Waals surface area contributed by atoms with Gasteiger partial charge in [0.15, 0.2) is 16.1 Å². The van der Waals surface area contributed by atoms with Crippen LogP contribution >= 0.6 is 23.1 Å². The number of thioether (sulfide) groups is 1. The van der Waals surface area contributed by atoms with Gasteiger partial charge in [-0.25, -0.2) is 4.98 Å². The van der Waals surface area contributed by atoms with Gasteiger partial charge in [-0.1, -0.05) is 48.2 Å². The zero-order chi connectivity index (χ0) is 23.5. The number of thiazole rings is 1. The van der Waals surface area contributed by atoms with Crippen LogP contribution in [0.4, 0.5) is 10.8 Å². The molecule has 1 amide bonds. The average molecular weight is 488 g/mol. The Morgan fingerprint density at radius 2 is 1.79 bits per heavy atom. The number of benzene rings is 2. The fraction of sp³-hybridized carbons (Fsp3) is 0.120. The summed E-state index contributed by atoms with van der Waals surface area (Å²) in [6.07, 6.45) is 1.66. The van der Waals surface area contributed by atoms with Crippen molar-refractivity contribution in [1.29, 1.82) is 0 Å². The second-order valence-corrected chi connectivity index (χ2v) is 9.25. The SMILES string of the molecule is CC(=O)N(c1ccccc1)c1nc(CSc2nnc(-c3ccoc3C)n2-c2ccccc2)cs1. The van der Waals surface area contributed by atoms with E-state index in [0.717, 1.165) is 39.4 Å². The molecule has 0 spiro atoms. The van der Waals surface area contributed by atoms with E-state index in [1.165, 1.54) is 11.3 Å². The Labute approximate surface area is 205 Å². The number of para-hydroxylation sites is 2. The second kappa shape index (κ2) is 9.66. The fourth-order valence-electron chi connectivity index (χ4n) is 3.57. The molecule has 170 valence electrons. The molecule has 0 fully saturated rings. The normalized spacial score (nSPS) is 11.0. The lowest BCUT2D eigenvalue weighted by atomic mass is 10.2. The highest BCUT2D eigenvalue weighted by Gasteiger charge is 2.21. The maximum absolute atomic E-state index is 12.3. The first kappa shape index (κ1) is 22.1. The average Bonchev–Trinajstić information content (AvgIpc) is 3.58. The van der Waals surface area contributed by atoms with E-state index in [9.17, 15) is 4.79 Å². The van der Waals surface area contributed by atoms with Crippen LogP contribution in [0.5, 0.6) is 0 Å². The zero-order valence-corrected chi connectivity index (χ0v) is 20.2. The monoisotopic (exact) mass is 487 g/mol. The first-order chi connectivity index (χ1) is 16.6. The predicted octanol–water partition coefficient (Wildman–Crippen LogP) is 6.27. The number of carbonyl (C=O) groups is 1. The molecule has 7 nitrogen and oxygen atoms in total. The summed E-state index contributed by atoms with van der Waals surface area (Å²) in [5.41, 5.74) is 3.54. The van der Waals surface area contributed by atoms with Crippen LogP contribution in [0.3, 0.4) is 0 Å². The van der Waals surface area contributed by atoms with Crippen LogP contribution < -0.4 is 4.90 Å². The largest absolute Gasteiger partial charge is 0.469 e. The van der Waals surface area contributed by atoms with Gasteiger partial charge in [-0.3, -0.25) is 14.3 Å². The van der Waals surface area contributed by atoms with E-state index in [1.54, 1.807) is 29.8 Å². The van der Waals surface area contributed by atoms with Crippen molar-refractivity contribution >= 4 is 39.8 Å². The third kappa shape index (κ3) is 4.40. The van der Waals surface area contributed by atoms with Crippen molar-refractivity contribution in [2.45, 2.75) is 24.8 Å². The second-order valence-electron chi connectivity index (χ2n) is 7.47. The number of aromatic nitrogens is 4. The van der Waals surface area contributed by atoms with Crippen LogP contribution in [-0.4, -0.2) is 25.7 Å². The molecule has 5 rings (SSSR count). The van der Waals surface area contributed by atoms with Crippen molar-refractivity contribution in [2.75, 3.05) is 4.90 Å². The number of carbonyl (C=O) groups excluding carboxylic acids is 1. The van der Waals surface area contributed by atoms with Crippen molar-refractivity contribution in [3.05, 3.63) is 89.8 Å². The smallest absolute Gasteiger partial charge is 0.230 e. The molecule has 0 radical (unpaired) electrons. The van der Waals surface area contributed by atoms with E-state index in [-0.39, 0.29) is 5.91 Å². The number of aryl methyl sites for hydroxylation is 1. The Morgan fingerprint density at radius 3 is 2.47 bits per heavy atom. The van der Waals surface area contributed by atoms with E-state index in [0.29, 0.717) is 10.9 Å². The maximum Gasteiger partial charge on any atom is 0.230 e. The van der Waals surface area contributed by atoms with Crippen LogP contribution in [0, 0.1) is 6.92 Å². The third-order valence-corrected chi connectivity index (χ3v) is 6.99. The van der Waals surface area contributed by atoms with E-state index in [1.807, 2.05) is 83.6 Å². The van der Waals surface area contributed by atoms with Crippen LogP contribution in [0.1, 0.15) is 18.4 Å². The molecule has 0 atom stereocenters. The molecule has 9 heteroatoms. The van der Waals surface area contributed by atoms with Gasteiger partial charge in [0.1, 0.15) is 5.76 Å². The summed E-state index contributed by atoms with van der Waals surface area (Å²) in [6.45, 7) is 3.46. The van der Waals surface area contributed by atoms with Crippen LogP contribution in [-0.2, 0) is 10.5 Å². The van der Waals surface area contributed by atoms with Crippen molar-refractivity contribution in [2.24, 2.45) is 0 Å². The molecule has 0 saturated heterocycles. The maximum atomic E-state index is 12.3. The van der Waals surface area contributed by atoms with Crippen molar-refractivity contribution in [3.8, 4) is 17.1 Å². The Kier molecular flexibility index (Phi) is 6.29. The first-order valence-electron chi connectivity index (χ1n) is 10.6. The molecule has 0 saturated carbocycles. The predicted molar refractivity (Wildman–Crippen MR) is 135 cm³/mol. The van der Waals surface area contributed by atoms with Gasteiger partial charge in [-0.2, -0.15) is 0 Å². The van der Waals surface area contributed by atoms with Crippen molar-refractivity contribution in [1.82, 2.24) is 19.7 Å². The summed E-state index contributed by atoms with van der Waals surface area (Å²) in [5.74, 6) is 2.02. The number of furan rings is 1. The van der Waals surface area contributed by atoms with Crippen LogP contribution in [0.25, 0.3) is 17.1 Å². The molecule has 0 aliphatic heterocycles. The van der Waals surface area contributed by atoms with Crippen LogP contribution in [0.2, 0.25) is 0 Å². The molecular formula is C25H21N5O2S2. The van der Waals surface area contributed by atoms with Gasteiger partial charge >= 0.3 is 0 Å². The van der Waals surface area contributed by atoms with E-state index in [2.05, 4.69) is 10.2 Å². The van der Waals surface area contributed by atoms with Gasteiger partial charge in [0.2, 0.25) is 5.91 Å². The highest BCUT2D eigenvalue weighted by atomic mass is 32.2. The number of nitrogens with zero attached hydrogens (tertiary/aromatic N) is 5. The lowest BCUT2D eigenvalue weighted by Gasteiger charge is -2.17. The van der Waals surface area contributed by atoms with Gasteiger partial charge < -0.3 is 4.42 Å². The van der Waals surface area contributed by atoms with E-state index < -0.39 is 0 Å². The highest BCUT2D eigenvalue weighted by Crippen LogP contribution is 2.33. The number of hydrogen-bond acceptors (Lipinski definition) is 7. The summed E-state index contributed by atoms with van der Waals surface area (Å²) in [7, 11) is 0. The standard InChI is InChI=1S/C25H21N5O2S2/c1-17-22(13-14-32-17)23-27-28-25(30(23)21-11-7-4-8-12-21)34-16-19-15-33-24(26-19)29(18(2)31)20-9-5-3-6-10-20/h3-15H,16H2,1-2H3.